The van der Waals surface area contributed by atoms with E-state index in [-0.39, 0.29) is 5.57 Å². The summed E-state index contributed by atoms with van der Waals surface area (Å²) >= 11 is 0. The summed E-state index contributed by atoms with van der Waals surface area (Å²) in [7, 11) is 0. The number of nitrogens with zero attached hydrogens (tertiary/aromatic N) is 10. The molecule has 0 atom stereocenters. The molecule has 0 unspecified atom stereocenters. The van der Waals surface area contributed by atoms with E-state index in [9.17, 15) is 10.5 Å². The van der Waals surface area contributed by atoms with Crippen molar-refractivity contribution in [1.82, 2.24) is 4.90 Å². The highest BCUT2D eigenvalue weighted by Crippen LogP contribution is 2.49. The van der Waals surface area contributed by atoms with Crippen molar-refractivity contribution >= 4 is 59.0 Å². The number of benzene rings is 3. The molecule has 4 aliphatic heterocycles. The van der Waals surface area contributed by atoms with Crippen LogP contribution in [0.25, 0.3) is 5.57 Å². The number of rotatable bonds is 2. The topological polar surface area (TPSA) is 128 Å². The van der Waals surface area contributed by atoms with Crippen molar-refractivity contribution in [2.45, 2.75) is 0 Å². The van der Waals surface area contributed by atoms with Gasteiger partial charge < -0.3 is 4.90 Å². The third-order valence-electron chi connectivity index (χ3n) is 6.37. The molecule has 0 amide bonds. The summed E-state index contributed by atoms with van der Waals surface area (Å²) in [6.45, 7) is 0. The molecule has 38 heavy (non-hydrogen) atoms. The van der Waals surface area contributed by atoms with Crippen LogP contribution in [0.3, 0.4) is 0 Å². The lowest BCUT2D eigenvalue weighted by atomic mass is 9.86. The maximum absolute atomic E-state index is 9.91. The maximum atomic E-state index is 9.91. The number of anilines is 3. The molecule has 0 aliphatic carbocycles. The van der Waals surface area contributed by atoms with Crippen molar-refractivity contribution in [3.05, 3.63) is 95.1 Å². The molecular formula is C28H14N10. The SMILES string of the molecule is N#CC(C#N)=C1c2ccccc2N(c2ccccc2)c2ccc(C3=NC4=NC=NC5=NC=NC(=N3)N54)cc21. The second kappa shape index (κ2) is 8.29. The van der Waals surface area contributed by atoms with E-state index >= 15 is 0 Å². The van der Waals surface area contributed by atoms with Crippen LogP contribution in [-0.2, 0) is 0 Å². The minimum atomic E-state index is 0.0252. The van der Waals surface area contributed by atoms with Gasteiger partial charge in [0.2, 0.25) is 17.9 Å². The Morgan fingerprint density at radius 1 is 0.658 bits per heavy atom. The first-order chi connectivity index (χ1) is 18.8. The molecular weight excluding hydrogens is 476 g/mol. The van der Waals surface area contributed by atoms with E-state index in [1.54, 1.807) is 4.90 Å². The minimum Gasteiger partial charge on any atom is -0.309 e. The van der Waals surface area contributed by atoms with Gasteiger partial charge in [0.05, 0.1) is 11.4 Å². The fourth-order valence-corrected chi connectivity index (χ4v) is 4.78. The average molecular weight is 490 g/mol. The Bertz CT molecular complexity index is 1820. The van der Waals surface area contributed by atoms with Crippen LogP contribution in [0.4, 0.5) is 17.1 Å². The Morgan fingerprint density at radius 3 is 2.18 bits per heavy atom. The van der Waals surface area contributed by atoms with Gasteiger partial charge in [-0.05, 0) is 36.4 Å². The lowest BCUT2D eigenvalue weighted by molar-refractivity contribution is 0.833. The van der Waals surface area contributed by atoms with Crippen LogP contribution in [-0.4, -0.2) is 41.3 Å². The zero-order chi connectivity index (χ0) is 25.6. The Hall–Kier alpha value is -6.00. The quantitative estimate of drug-likeness (QED) is 0.382. The van der Waals surface area contributed by atoms with Crippen molar-refractivity contribution in [1.29, 1.82) is 10.5 Å². The number of amidine groups is 1. The number of hydrogen-bond acceptors (Lipinski definition) is 10. The summed E-state index contributed by atoms with van der Waals surface area (Å²) in [6, 6.07) is 27.7. The number of hydrogen-bond donors (Lipinski definition) is 0. The fourth-order valence-electron chi connectivity index (χ4n) is 4.78. The van der Waals surface area contributed by atoms with Crippen LogP contribution in [0.5, 0.6) is 0 Å². The number of guanidine groups is 3. The lowest BCUT2D eigenvalue weighted by Gasteiger charge is -2.35. The molecule has 0 fully saturated rings. The highest BCUT2D eigenvalue weighted by molar-refractivity contribution is 6.29. The van der Waals surface area contributed by atoms with Gasteiger partial charge in [-0.3, -0.25) is 0 Å². The highest BCUT2D eigenvalue weighted by Gasteiger charge is 2.33. The van der Waals surface area contributed by atoms with Gasteiger partial charge in [0, 0.05) is 28.0 Å². The Kier molecular flexibility index (Phi) is 4.65. The van der Waals surface area contributed by atoms with E-state index in [0.29, 0.717) is 34.9 Å². The summed E-state index contributed by atoms with van der Waals surface area (Å²) in [5.74, 6) is 1.50. The van der Waals surface area contributed by atoms with E-state index in [1.165, 1.54) is 12.7 Å². The van der Waals surface area contributed by atoms with E-state index in [0.717, 1.165) is 28.2 Å². The summed E-state index contributed by atoms with van der Waals surface area (Å²) in [4.78, 5) is 29.8. The molecule has 0 N–H and O–H groups in total. The molecule has 4 aliphatic rings. The molecule has 0 saturated heterocycles. The molecule has 0 radical (unpaired) electrons. The van der Waals surface area contributed by atoms with E-state index in [1.807, 2.05) is 72.8 Å². The van der Waals surface area contributed by atoms with Gasteiger partial charge in [-0.15, -0.1) is 0 Å². The Labute approximate surface area is 216 Å². The van der Waals surface area contributed by atoms with Crippen LogP contribution in [0.2, 0.25) is 0 Å². The summed E-state index contributed by atoms with van der Waals surface area (Å²) in [5, 5.41) is 19.8. The van der Waals surface area contributed by atoms with E-state index < -0.39 is 0 Å². The van der Waals surface area contributed by atoms with Crippen LogP contribution < -0.4 is 4.90 Å². The van der Waals surface area contributed by atoms with Gasteiger partial charge in [-0.2, -0.15) is 20.5 Å². The lowest BCUT2D eigenvalue weighted by Crippen LogP contribution is -2.45. The first-order valence-electron chi connectivity index (χ1n) is 11.6. The summed E-state index contributed by atoms with van der Waals surface area (Å²) < 4.78 is 0. The number of aliphatic imine (C=N–C) groups is 6. The maximum Gasteiger partial charge on any atom is 0.243 e. The van der Waals surface area contributed by atoms with E-state index in [2.05, 4.69) is 47.0 Å². The van der Waals surface area contributed by atoms with Crippen molar-refractivity contribution in [2.75, 3.05) is 4.90 Å². The number of para-hydroxylation sites is 2. The van der Waals surface area contributed by atoms with Crippen molar-refractivity contribution < 1.29 is 0 Å². The summed E-state index contributed by atoms with van der Waals surface area (Å²) in [5.41, 5.74) is 5.43. The monoisotopic (exact) mass is 490 g/mol. The van der Waals surface area contributed by atoms with Gasteiger partial charge in [0.15, 0.2) is 5.84 Å². The zero-order valence-electron chi connectivity index (χ0n) is 19.6. The molecule has 0 bridgehead atoms. The average Bonchev–Trinajstić information content (AvgIpc) is 2.98. The van der Waals surface area contributed by atoms with Crippen molar-refractivity contribution in [3.8, 4) is 12.1 Å². The van der Waals surface area contributed by atoms with Crippen LogP contribution in [0.15, 0.2) is 108 Å². The molecule has 10 nitrogen and oxygen atoms in total. The van der Waals surface area contributed by atoms with Crippen molar-refractivity contribution in [3.63, 3.8) is 0 Å². The third kappa shape index (κ3) is 3.11. The number of allylic oxidation sites excluding steroid dienone is 1. The van der Waals surface area contributed by atoms with Gasteiger partial charge in [-0.1, -0.05) is 36.4 Å². The van der Waals surface area contributed by atoms with Crippen LogP contribution in [0, 0.1) is 22.7 Å². The second-order valence-corrected chi connectivity index (χ2v) is 8.42. The Morgan fingerprint density at radius 2 is 1.37 bits per heavy atom. The molecule has 3 aromatic carbocycles. The Balaban J connectivity index is 1.47. The van der Waals surface area contributed by atoms with Crippen LogP contribution in [0.1, 0.15) is 16.7 Å². The first kappa shape index (κ1) is 21.3. The molecule has 0 saturated carbocycles. The van der Waals surface area contributed by atoms with Gasteiger partial charge in [-0.25, -0.2) is 24.9 Å². The smallest absolute Gasteiger partial charge is 0.243 e. The van der Waals surface area contributed by atoms with Gasteiger partial charge in [0.1, 0.15) is 30.4 Å². The number of fused-ring (bicyclic) bond motifs is 2. The number of nitriles is 2. The fraction of sp³-hybridized carbons (Fsp3) is 0. The first-order valence-corrected chi connectivity index (χ1v) is 11.6. The predicted octanol–water partition coefficient (Wildman–Crippen LogP) is 4.53. The van der Waals surface area contributed by atoms with Gasteiger partial charge in [0.25, 0.3) is 0 Å². The molecule has 176 valence electrons. The third-order valence-corrected chi connectivity index (χ3v) is 6.37. The second-order valence-electron chi connectivity index (χ2n) is 8.42. The largest absolute Gasteiger partial charge is 0.309 e. The van der Waals surface area contributed by atoms with Crippen molar-refractivity contribution in [2.24, 2.45) is 30.0 Å². The standard InChI is InChI=1S/C28H14N10/c29-13-18(14-30)24-20-8-4-5-9-22(20)37(19-6-2-1-3-7-19)23-11-10-17(12-21(23)24)25-35-27-33-15-31-26-32-16-34-28(36-25)38(26)27/h1-12,15-16H. The molecule has 3 aromatic rings. The normalized spacial score (nSPS) is 16.1. The molecule has 0 aromatic heterocycles. The highest BCUT2D eigenvalue weighted by atomic mass is 15.5. The van der Waals surface area contributed by atoms with Gasteiger partial charge >= 0.3 is 0 Å². The zero-order valence-corrected chi connectivity index (χ0v) is 19.6. The molecule has 10 heteroatoms. The molecule has 7 rings (SSSR count). The van der Waals surface area contributed by atoms with Crippen LogP contribution >= 0.6 is 0 Å². The molecule has 0 spiro atoms. The predicted molar refractivity (Wildman–Crippen MR) is 146 cm³/mol. The summed E-state index contributed by atoms with van der Waals surface area (Å²) in [6.07, 6.45) is 2.78. The van der Waals surface area contributed by atoms with E-state index in [4.69, 9.17) is 0 Å². The molecule has 4 heterocycles. The minimum absolute atomic E-state index is 0.0252.